The molecule has 166 valence electrons. The number of carbonyl (C=O) groups is 2. The predicted molar refractivity (Wildman–Crippen MR) is 118 cm³/mol. The van der Waals surface area contributed by atoms with E-state index in [2.05, 4.69) is 10.1 Å². The second-order valence-corrected chi connectivity index (χ2v) is 7.93. The van der Waals surface area contributed by atoms with Crippen LogP contribution >= 0.6 is 0 Å². The first-order valence-corrected chi connectivity index (χ1v) is 10.6. The number of hydrogen-bond donors (Lipinski definition) is 0. The van der Waals surface area contributed by atoms with Gasteiger partial charge in [0.05, 0.1) is 0 Å². The average Bonchev–Trinajstić information content (AvgIpc) is 3.34. The molecule has 0 saturated carbocycles. The van der Waals surface area contributed by atoms with Gasteiger partial charge in [-0.3, -0.25) is 9.59 Å². The van der Waals surface area contributed by atoms with Crippen LogP contribution in [0.4, 0.5) is 0 Å². The van der Waals surface area contributed by atoms with Crippen molar-refractivity contribution in [2.24, 2.45) is 0 Å². The molecule has 0 N–H and O–H groups in total. The van der Waals surface area contributed by atoms with Crippen LogP contribution in [0.1, 0.15) is 29.8 Å². The summed E-state index contributed by atoms with van der Waals surface area (Å²) in [4.78, 5) is 33.6. The Labute approximate surface area is 186 Å². The monoisotopic (exact) mass is 434 g/mol. The van der Waals surface area contributed by atoms with Crippen molar-refractivity contribution in [2.45, 2.75) is 32.9 Å². The van der Waals surface area contributed by atoms with Crippen molar-refractivity contribution >= 4 is 11.8 Å². The molecule has 0 spiro atoms. The Morgan fingerprint density at radius 2 is 1.91 bits per heavy atom. The molecule has 2 amide bonds. The van der Waals surface area contributed by atoms with Gasteiger partial charge >= 0.3 is 0 Å². The van der Waals surface area contributed by atoms with Gasteiger partial charge < -0.3 is 19.1 Å². The average molecular weight is 434 g/mol. The molecule has 1 unspecified atom stereocenters. The SMILES string of the molecule is Cc1c(O[C@H](C)C(=O)N2CCN(C(=O)c3ccccc3)CC2C)cccc1-c1ncno1. The zero-order chi connectivity index (χ0) is 22.7. The van der Waals surface area contributed by atoms with Crippen LogP contribution in [0.25, 0.3) is 11.5 Å². The van der Waals surface area contributed by atoms with E-state index in [1.807, 2.05) is 62.4 Å². The maximum atomic E-state index is 13.1. The van der Waals surface area contributed by atoms with Gasteiger partial charge in [-0.15, -0.1) is 0 Å². The molecule has 8 nitrogen and oxygen atoms in total. The first-order valence-electron chi connectivity index (χ1n) is 10.6. The summed E-state index contributed by atoms with van der Waals surface area (Å²) in [6.07, 6.45) is 0.670. The number of rotatable bonds is 5. The maximum Gasteiger partial charge on any atom is 0.263 e. The second-order valence-electron chi connectivity index (χ2n) is 7.93. The minimum atomic E-state index is -0.675. The summed E-state index contributed by atoms with van der Waals surface area (Å²) in [7, 11) is 0. The fraction of sp³-hybridized carbons (Fsp3) is 0.333. The second kappa shape index (κ2) is 9.21. The largest absolute Gasteiger partial charge is 0.481 e. The number of piperazine rings is 1. The summed E-state index contributed by atoms with van der Waals surface area (Å²) in [6.45, 7) is 7.03. The number of ether oxygens (including phenoxy) is 1. The smallest absolute Gasteiger partial charge is 0.263 e. The van der Waals surface area contributed by atoms with Gasteiger partial charge in [-0.1, -0.05) is 29.4 Å². The highest BCUT2D eigenvalue weighted by Crippen LogP contribution is 2.29. The quantitative estimate of drug-likeness (QED) is 0.613. The molecule has 1 fully saturated rings. The highest BCUT2D eigenvalue weighted by molar-refractivity contribution is 5.94. The Morgan fingerprint density at radius 3 is 2.59 bits per heavy atom. The minimum Gasteiger partial charge on any atom is -0.481 e. The number of benzene rings is 2. The molecule has 0 bridgehead atoms. The lowest BCUT2D eigenvalue weighted by Gasteiger charge is -2.40. The molecule has 4 rings (SSSR count). The topological polar surface area (TPSA) is 88.8 Å². The molecule has 0 radical (unpaired) electrons. The zero-order valence-corrected chi connectivity index (χ0v) is 18.4. The van der Waals surface area contributed by atoms with Crippen molar-refractivity contribution in [3.05, 3.63) is 66.0 Å². The van der Waals surface area contributed by atoms with Gasteiger partial charge in [0.15, 0.2) is 12.4 Å². The van der Waals surface area contributed by atoms with Crippen molar-refractivity contribution in [2.75, 3.05) is 19.6 Å². The van der Waals surface area contributed by atoms with Gasteiger partial charge in [-0.25, -0.2) is 0 Å². The lowest BCUT2D eigenvalue weighted by atomic mass is 10.1. The Kier molecular flexibility index (Phi) is 6.20. The minimum absolute atomic E-state index is 0.0117. The lowest BCUT2D eigenvalue weighted by Crippen LogP contribution is -2.57. The van der Waals surface area contributed by atoms with Crippen molar-refractivity contribution in [1.29, 1.82) is 0 Å². The van der Waals surface area contributed by atoms with Crippen LogP contribution in [0.5, 0.6) is 5.75 Å². The summed E-state index contributed by atoms with van der Waals surface area (Å²) >= 11 is 0. The standard InChI is InChI=1S/C24H26N4O4/c1-16-14-27(24(30)19-8-5-4-6-9-19)12-13-28(16)23(29)18(3)31-21-11-7-10-20(17(21)2)22-25-15-26-32-22/h4-11,15-16,18H,12-14H2,1-3H3/t16?,18-/m1/s1. The van der Waals surface area contributed by atoms with E-state index in [9.17, 15) is 9.59 Å². The molecule has 1 aliphatic heterocycles. The van der Waals surface area contributed by atoms with Gasteiger partial charge in [-0.05, 0) is 45.0 Å². The van der Waals surface area contributed by atoms with Gasteiger partial charge in [0.1, 0.15) is 5.75 Å². The maximum absolute atomic E-state index is 13.1. The Morgan fingerprint density at radius 1 is 1.12 bits per heavy atom. The summed E-state index contributed by atoms with van der Waals surface area (Å²) in [6, 6.07) is 14.6. The molecule has 1 aliphatic rings. The van der Waals surface area contributed by atoms with Crippen molar-refractivity contribution in [3.63, 3.8) is 0 Å². The van der Waals surface area contributed by atoms with Gasteiger partial charge in [0, 0.05) is 42.4 Å². The molecule has 2 heterocycles. The van der Waals surface area contributed by atoms with Crippen LogP contribution < -0.4 is 4.74 Å². The normalized spacial score (nSPS) is 17.2. The van der Waals surface area contributed by atoms with E-state index in [1.165, 1.54) is 6.33 Å². The lowest BCUT2D eigenvalue weighted by molar-refractivity contribution is -0.142. The van der Waals surface area contributed by atoms with Gasteiger partial charge in [-0.2, -0.15) is 4.98 Å². The molecule has 1 aromatic heterocycles. The van der Waals surface area contributed by atoms with Crippen molar-refractivity contribution < 1.29 is 18.8 Å². The summed E-state index contributed by atoms with van der Waals surface area (Å²) in [5.41, 5.74) is 2.25. The molecule has 1 saturated heterocycles. The van der Waals surface area contributed by atoms with E-state index < -0.39 is 6.10 Å². The van der Waals surface area contributed by atoms with E-state index >= 15 is 0 Å². The molecular weight excluding hydrogens is 408 g/mol. The van der Waals surface area contributed by atoms with Crippen LogP contribution in [0.2, 0.25) is 0 Å². The molecule has 3 aromatic rings. The van der Waals surface area contributed by atoms with Crippen LogP contribution in [-0.2, 0) is 4.79 Å². The Balaban J connectivity index is 1.41. The van der Waals surface area contributed by atoms with Gasteiger partial charge in [0.25, 0.3) is 17.7 Å². The molecular formula is C24H26N4O4. The summed E-state index contributed by atoms with van der Waals surface area (Å²) in [5.74, 6) is 0.876. The van der Waals surface area contributed by atoms with E-state index in [1.54, 1.807) is 16.7 Å². The van der Waals surface area contributed by atoms with E-state index in [0.29, 0.717) is 36.8 Å². The third kappa shape index (κ3) is 4.34. The Hall–Kier alpha value is -3.68. The first kappa shape index (κ1) is 21.5. The molecule has 32 heavy (non-hydrogen) atoms. The van der Waals surface area contributed by atoms with Crippen molar-refractivity contribution in [1.82, 2.24) is 19.9 Å². The fourth-order valence-electron chi connectivity index (χ4n) is 3.97. The number of carbonyl (C=O) groups excluding carboxylic acids is 2. The van der Waals surface area contributed by atoms with Gasteiger partial charge in [0.2, 0.25) is 0 Å². The number of nitrogens with zero attached hydrogens (tertiary/aromatic N) is 4. The zero-order valence-electron chi connectivity index (χ0n) is 18.4. The van der Waals surface area contributed by atoms with Crippen molar-refractivity contribution in [3.8, 4) is 17.2 Å². The van der Waals surface area contributed by atoms with Crippen LogP contribution in [-0.4, -0.2) is 63.5 Å². The number of amides is 2. The molecule has 2 atom stereocenters. The third-order valence-corrected chi connectivity index (χ3v) is 5.75. The molecule has 8 heteroatoms. The van der Waals surface area contributed by atoms with Crippen LogP contribution in [0.15, 0.2) is 59.4 Å². The Bertz CT molecular complexity index is 1080. The van der Waals surface area contributed by atoms with E-state index in [-0.39, 0.29) is 17.9 Å². The van der Waals surface area contributed by atoms with Crippen LogP contribution in [0.3, 0.4) is 0 Å². The first-order chi connectivity index (χ1) is 15.5. The summed E-state index contributed by atoms with van der Waals surface area (Å²) in [5, 5.41) is 3.65. The molecule has 2 aromatic carbocycles. The fourth-order valence-corrected chi connectivity index (χ4v) is 3.97. The van der Waals surface area contributed by atoms with E-state index in [0.717, 1.165) is 11.1 Å². The predicted octanol–water partition coefficient (Wildman–Crippen LogP) is 3.19. The van der Waals surface area contributed by atoms with E-state index in [4.69, 9.17) is 9.26 Å². The molecule has 0 aliphatic carbocycles. The van der Waals surface area contributed by atoms with Crippen LogP contribution in [0, 0.1) is 6.92 Å². The number of aromatic nitrogens is 2. The number of hydrogen-bond acceptors (Lipinski definition) is 6. The third-order valence-electron chi connectivity index (χ3n) is 5.75. The summed E-state index contributed by atoms with van der Waals surface area (Å²) < 4.78 is 11.2. The highest BCUT2D eigenvalue weighted by atomic mass is 16.5. The highest BCUT2D eigenvalue weighted by Gasteiger charge is 2.33.